The zero-order valence-corrected chi connectivity index (χ0v) is 14.8. The van der Waals surface area contributed by atoms with Crippen LogP contribution in [0.2, 0.25) is 0 Å². The van der Waals surface area contributed by atoms with Crippen molar-refractivity contribution in [2.45, 2.75) is 26.3 Å². The molecule has 0 aliphatic rings. The summed E-state index contributed by atoms with van der Waals surface area (Å²) in [6.07, 6.45) is 3.31. The van der Waals surface area contributed by atoms with E-state index in [4.69, 9.17) is 4.74 Å². The smallest absolute Gasteiger partial charge is 0.408 e. The van der Waals surface area contributed by atoms with Gasteiger partial charge in [-0.2, -0.15) is 18.3 Å². The first-order valence-corrected chi connectivity index (χ1v) is 8.18. The fourth-order valence-electron chi connectivity index (χ4n) is 2.09. The van der Waals surface area contributed by atoms with Gasteiger partial charge in [0.05, 0.1) is 11.8 Å². The molecule has 0 atom stereocenters. The van der Waals surface area contributed by atoms with Crippen molar-refractivity contribution < 1.29 is 17.9 Å². The highest BCUT2D eigenvalue weighted by Gasteiger charge is 2.28. The van der Waals surface area contributed by atoms with Gasteiger partial charge in [0.25, 0.3) is 0 Å². The monoisotopic (exact) mass is 372 g/mol. The van der Waals surface area contributed by atoms with Gasteiger partial charge in [-0.05, 0) is 24.6 Å². The van der Waals surface area contributed by atoms with E-state index in [1.165, 1.54) is 12.4 Å². The standard InChI is InChI=1S/C21H19F3N2O/c1-3-17(10-11-19-13-25-26(14-19)16-21(22,23)24)12-20(4-2)27-15-18-8-6-5-7-9-18/h3-9,12-14H,1,15-16H2,2H3/b17-12+,20-4+. The second-order valence-electron chi connectivity index (χ2n) is 5.56. The van der Waals surface area contributed by atoms with Crippen LogP contribution in [-0.4, -0.2) is 16.0 Å². The van der Waals surface area contributed by atoms with E-state index >= 15 is 0 Å². The third kappa shape index (κ3) is 7.28. The van der Waals surface area contributed by atoms with Crippen molar-refractivity contribution in [3.63, 3.8) is 0 Å². The SMILES string of the molecule is C=C/C(C#Cc1cnn(CC(F)(F)F)c1)=C\C(=C/C)OCc1ccccc1. The number of halogens is 3. The van der Waals surface area contributed by atoms with E-state index in [0.29, 0.717) is 23.5 Å². The quantitative estimate of drug-likeness (QED) is 0.404. The molecule has 27 heavy (non-hydrogen) atoms. The van der Waals surface area contributed by atoms with Gasteiger partial charge in [-0.1, -0.05) is 54.8 Å². The number of hydrogen-bond acceptors (Lipinski definition) is 2. The van der Waals surface area contributed by atoms with Crippen molar-refractivity contribution in [2.24, 2.45) is 0 Å². The number of ether oxygens (including phenoxy) is 1. The molecule has 2 aromatic rings. The Hall–Kier alpha value is -3.20. The van der Waals surface area contributed by atoms with Crippen LogP contribution in [0, 0.1) is 11.8 Å². The normalized spacial score (nSPS) is 12.3. The van der Waals surface area contributed by atoms with Crippen LogP contribution in [0.5, 0.6) is 0 Å². The molecule has 2 rings (SSSR count). The minimum Gasteiger partial charge on any atom is -0.489 e. The number of allylic oxidation sites excluding steroid dienone is 4. The lowest BCUT2D eigenvalue weighted by Crippen LogP contribution is -2.17. The number of alkyl halides is 3. The van der Waals surface area contributed by atoms with Crippen LogP contribution >= 0.6 is 0 Å². The minimum atomic E-state index is -4.32. The second kappa shape index (κ2) is 9.48. The molecule has 0 aliphatic heterocycles. The van der Waals surface area contributed by atoms with Gasteiger partial charge < -0.3 is 4.74 Å². The van der Waals surface area contributed by atoms with Gasteiger partial charge in [-0.25, -0.2) is 0 Å². The lowest BCUT2D eigenvalue weighted by Gasteiger charge is -2.07. The summed E-state index contributed by atoms with van der Waals surface area (Å²) >= 11 is 0. The molecule has 6 heteroatoms. The van der Waals surface area contributed by atoms with Gasteiger partial charge in [-0.3, -0.25) is 4.68 Å². The average molecular weight is 372 g/mol. The zero-order valence-electron chi connectivity index (χ0n) is 14.8. The number of benzene rings is 1. The summed E-state index contributed by atoms with van der Waals surface area (Å²) in [5, 5.41) is 3.66. The van der Waals surface area contributed by atoms with Gasteiger partial charge in [0, 0.05) is 11.8 Å². The Morgan fingerprint density at radius 1 is 1.30 bits per heavy atom. The summed E-state index contributed by atoms with van der Waals surface area (Å²) in [6, 6.07) is 9.72. The molecule has 0 amide bonds. The van der Waals surface area contributed by atoms with Crippen LogP contribution in [0.1, 0.15) is 18.1 Å². The molecule has 3 nitrogen and oxygen atoms in total. The zero-order chi connectivity index (χ0) is 19.7. The van der Waals surface area contributed by atoms with E-state index in [-0.39, 0.29) is 0 Å². The molecule has 0 bridgehead atoms. The first-order chi connectivity index (χ1) is 12.9. The van der Waals surface area contributed by atoms with Crippen LogP contribution in [0.15, 0.2) is 78.9 Å². The van der Waals surface area contributed by atoms with Crippen molar-refractivity contribution in [3.8, 4) is 11.8 Å². The van der Waals surface area contributed by atoms with Gasteiger partial charge >= 0.3 is 6.18 Å². The van der Waals surface area contributed by atoms with Gasteiger partial charge in [0.2, 0.25) is 0 Å². The van der Waals surface area contributed by atoms with E-state index < -0.39 is 12.7 Å². The summed E-state index contributed by atoms with van der Waals surface area (Å²) in [4.78, 5) is 0. The molecule has 0 fully saturated rings. The van der Waals surface area contributed by atoms with E-state index in [2.05, 4.69) is 23.5 Å². The molecule has 0 saturated carbocycles. The lowest BCUT2D eigenvalue weighted by molar-refractivity contribution is -0.142. The van der Waals surface area contributed by atoms with E-state index in [9.17, 15) is 13.2 Å². The Bertz CT molecular complexity index is 881. The van der Waals surface area contributed by atoms with E-state index in [1.54, 1.807) is 18.2 Å². The Morgan fingerprint density at radius 3 is 2.67 bits per heavy atom. The summed E-state index contributed by atoms with van der Waals surface area (Å²) < 4.78 is 43.6. The van der Waals surface area contributed by atoms with E-state index in [1.807, 2.05) is 37.3 Å². The number of nitrogens with zero attached hydrogens (tertiary/aromatic N) is 2. The number of rotatable bonds is 6. The van der Waals surface area contributed by atoms with Gasteiger partial charge in [0.1, 0.15) is 18.9 Å². The Labute approximate surface area is 156 Å². The van der Waals surface area contributed by atoms with E-state index in [0.717, 1.165) is 10.2 Å². The summed E-state index contributed by atoms with van der Waals surface area (Å²) in [7, 11) is 0. The summed E-state index contributed by atoms with van der Waals surface area (Å²) in [5.41, 5.74) is 2.01. The molecule has 0 N–H and O–H groups in total. The van der Waals surface area contributed by atoms with Crippen LogP contribution in [0.4, 0.5) is 13.2 Å². The van der Waals surface area contributed by atoms with Gasteiger partial charge in [-0.15, -0.1) is 0 Å². The molecule has 1 aromatic heterocycles. The molecule has 0 unspecified atom stereocenters. The maximum atomic E-state index is 12.4. The van der Waals surface area contributed by atoms with Crippen LogP contribution < -0.4 is 0 Å². The van der Waals surface area contributed by atoms with Crippen LogP contribution in [-0.2, 0) is 17.9 Å². The van der Waals surface area contributed by atoms with Crippen molar-refractivity contribution >= 4 is 0 Å². The first kappa shape index (κ1) is 20.1. The second-order valence-corrected chi connectivity index (χ2v) is 5.56. The minimum absolute atomic E-state index is 0.388. The van der Waals surface area contributed by atoms with Gasteiger partial charge in [0.15, 0.2) is 0 Å². The van der Waals surface area contributed by atoms with Crippen LogP contribution in [0.25, 0.3) is 0 Å². The first-order valence-electron chi connectivity index (χ1n) is 8.18. The molecule has 1 aromatic carbocycles. The molecule has 1 heterocycles. The molecular weight excluding hydrogens is 353 g/mol. The van der Waals surface area contributed by atoms with Crippen molar-refractivity contribution in [3.05, 3.63) is 90.0 Å². The average Bonchev–Trinajstić information content (AvgIpc) is 3.07. The predicted molar refractivity (Wildman–Crippen MR) is 98.4 cm³/mol. The molecular formula is C21H19F3N2O. The summed E-state index contributed by atoms with van der Waals surface area (Å²) in [6.45, 7) is 4.82. The fourth-order valence-corrected chi connectivity index (χ4v) is 2.09. The van der Waals surface area contributed by atoms with Crippen molar-refractivity contribution in [1.82, 2.24) is 9.78 Å². The molecule has 0 spiro atoms. The molecule has 0 radical (unpaired) electrons. The topological polar surface area (TPSA) is 27.1 Å². The Morgan fingerprint density at radius 2 is 2.04 bits per heavy atom. The molecule has 0 saturated heterocycles. The van der Waals surface area contributed by atoms with Crippen molar-refractivity contribution in [1.29, 1.82) is 0 Å². The Kier molecular flexibility index (Phi) is 7.07. The molecule has 140 valence electrons. The third-order valence-corrected chi connectivity index (χ3v) is 3.38. The highest BCUT2D eigenvalue weighted by atomic mass is 19.4. The lowest BCUT2D eigenvalue weighted by atomic mass is 10.2. The highest BCUT2D eigenvalue weighted by molar-refractivity contribution is 5.45. The number of aromatic nitrogens is 2. The third-order valence-electron chi connectivity index (χ3n) is 3.38. The maximum absolute atomic E-state index is 12.4. The largest absolute Gasteiger partial charge is 0.489 e. The molecule has 0 aliphatic carbocycles. The van der Waals surface area contributed by atoms with Crippen molar-refractivity contribution in [2.75, 3.05) is 0 Å². The predicted octanol–water partition coefficient (Wildman–Crippen LogP) is 5.03. The Balaban J connectivity index is 2.05. The maximum Gasteiger partial charge on any atom is 0.408 e. The van der Waals surface area contributed by atoms with Crippen LogP contribution in [0.3, 0.4) is 0 Å². The highest BCUT2D eigenvalue weighted by Crippen LogP contribution is 2.17. The fraction of sp³-hybridized carbons (Fsp3) is 0.190. The number of hydrogen-bond donors (Lipinski definition) is 0. The summed E-state index contributed by atoms with van der Waals surface area (Å²) in [5.74, 6) is 6.27.